The molecule has 0 saturated carbocycles. The van der Waals surface area contributed by atoms with Crippen LogP contribution in [0.3, 0.4) is 0 Å². The molecule has 3 N–H and O–H groups in total. The molecule has 5 heteroatoms. The van der Waals surface area contributed by atoms with Gasteiger partial charge in [0, 0.05) is 22.2 Å². The van der Waals surface area contributed by atoms with E-state index in [0.29, 0.717) is 12.2 Å². The maximum Gasteiger partial charge on any atom is 0.146 e. The first kappa shape index (κ1) is 14.0. The Labute approximate surface area is 121 Å². The van der Waals surface area contributed by atoms with Crippen molar-refractivity contribution < 1.29 is 0 Å². The van der Waals surface area contributed by atoms with E-state index in [0.717, 1.165) is 33.5 Å². The molecular formula is C14H17BrN4. The lowest BCUT2D eigenvalue weighted by Gasteiger charge is -2.11. The van der Waals surface area contributed by atoms with Crippen molar-refractivity contribution in [1.82, 2.24) is 9.97 Å². The van der Waals surface area contributed by atoms with Gasteiger partial charge in [-0.15, -0.1) is 0 Å². The molecule has 0 spiro atoms. The summed E-state index contributed by atoms with van der Waals surface area (Å²) in [5, 5.41) is 0. The molecule has 19 heavy (non-hydrogen) atoms. The first-order chi connectivity index (χ1) is 9.15. The lowest BCUT2D eigenvalue weighted by atomic mass is 10.1. The molecular weight excluding hydrogens is 304 g/mol. The highest BCUT2D eigenvalue weighted by Crippen LogP contribution is 2.21. The minimum atomic E-state index is 0.684. The zero-order valence-corrected chi connectivity index (χ0v) is 12.7. The van der Waals surface area contributed by atoms with Crippen molar-refractivity contribution in [2.75, 3.05) is 5.43 Å². The van der Waals surface area contributed by atoms with Gasteiger partial charge in [-0.1, -0.05) is 41.1 Å². The van der Waals surface area contributed by atoms with E-state index < -0.39 is 0 Å². The van der Waals surface area contributed by atoms with Crippen LogP contribution in [0.25, 0.3) is 0 Å². The third-order valence-electron chi connectivity index (χ3n) is 3.07. The summed E-state index contributed by atoms with van der Waals surface area (Å²) in [4.78, 5) is 9.08. The first-order valence-corrected chi connectivity index (χ1v) is 7.01. The molecule has 4 nitrogen and oxygen atoms in total. The van der Waals surface area contributed by atoms with Gasteiger partial charge < -0.3 is 5.43 Å². The van der Waals surface area contributed by atoms with Crippen molar-refractivity contribution in [2.45, 2.75) is 26.7 Å². The minimum absolute atomic E-state index is 0.684. The van der Waals surface area contributed by atoms with Crippen LogP contribution in [0.5, 0.6) is 0 Å². The van der Waals surface area contributed by atoms with Gasteiger partial charge in [-0.05, 0) is 25.0 Å². The van der Waals surface area contributed by atoms with Gasteiger partial charge in [0.05, 0.1) is 0 Å². The first-order valence-electron chi connectivity index (χ1n) is 6.22. The molecule has 0 bridgehead atoms. The summed E-state index contributed by atoms with van der Waals surface area (Å²) >= 11 is 3.54. The van der Waals surface area contributed by atoms with Gasteiger partial charge in [-0.2, -0.15) is 0 Å². The van der Waals surface area contributed by atoms with E-state index in [9.17, 15) is 0 Å². The number of anilines is 1. The number of nitrogen functional groups attached to an aromatic ring is 1. The topological polar surface area (TPSA) is 63.8 Å². The van der Waals surface area contributed by atoms with E-state index in [1.165, 1.54) is 0 Å². The van der Waals surface area contributed by atoms with Gasteiger partial charge in [0.25, 0.3) is 0 Å². The Morgan fingerprint density at radius 2 is 2.00 bits per heavy atom. The summed E-state index contributed by atoms with van der Waals surface area (Å²) in [6, 6.07) is 8.09. The summed E-state index contributed by atoms with van der Waals surface area (Å²) in [7, 11) is 0. The Kier molecular flexibility index (Phi) is 4.50. The van der Waals surface area contributed by atoms with Gasteiger partial charge in [0.15, 0.2) is 0 Å². The number of aromatic nitrogens is 2. The highest BCUT2D eigenvalue weighted by Gasteiger charge is 2.10. The average Bonchev–Trinajstić information content (AvgIpc) is 2.43. The van der Waals surface area contributed by atoms with Gasteiger partial charge in [-0.3, -0.25) is 0 Å². The molecule has 0 saturated heterocycles. The molecule has 2 aromatic rings. The van der Waals surface area contributed by atoms with Crippen LogP contribution in [0, 0.1) is 6.92 Å². The van der Waals surface area contributed by atoms with Crippen LogP contribution in [-0.2, 0) is 12.8 Å². The molecule has 0 radical (unpaired) electrons. The quantitative estimate of drug-likeness (QED) is 0.671. The number of aryl methyl sites for hydroxylation is 1. The lowest BCUT2D eigenvalue weighted by molar-refractivity contribution is 0.886. The van der Waals surface area contributed by atoms with E-state index >= 15 is 0 Å². The second-order valence-corrected chi connectivity index (χ2v) is 5.18. The maximum atomic E-state index is 5.52. The summed E-state index contributed by atoms with van der Waals surface area (Å²) < 4.78 is 1.07. The molecule has 0 aliphatic heterocycles. The second-order valence-electron chi connectivity index (χ2n) is 4.33. The lowest BCUT2D eigenvalue weighted by Crippen LogP contribution is -2.14. The minimum Gasteiger partial charge on any atom is -0.308 e. The predicted octanol–water partition coefficient (Wildman–Crippen LogP) is 2.99. The molecule has 2 rings (SSSR count). The third kappa shape index (κ3) is 3.11. The van der Waals surface area contributed by atoms with E-state index in [1.807, 2.05) is 25.1 Å². The number of nitrogens with zero attached hydrogens (tertiary/aromatic N) is 2. The Hall–Kier alpha value is -1.46. The van der Waals surface area contributed by atoms with Crippen LogP contribution in [0.1, 0.15) is 29.6 Å². The van der Waals surface area contributed by atoms with Crippen molar-refractivity contribution in [3.63, 3.8) is 0 Å². The molecule has 1 aromatic heterocycles. The molecule has 0 fully saturated rings. The number of halogens is 1. The van der Waals surface area contributed by atoms with E-state index in [-0.39, 0.29) is 0 Å². The molecule has 0 unspecified atom stereocenters. The predicted molar refractivity (Wildman–Crippen MR) is 80.9 cm³/mol. The number of hydrogen-bond acceptors (Lipinski definition) is 4. The number of nitrogens with one attached hydrogen (secondary N) is 1. The molecule has 0 atom stereocenters. The fraction of sp³-hybridized carbons (Fsp3) is 0.286. The smallest absolute Gasteiger partial charge is 0.146 e. The van der Waals surface area contributed by atoms with Crippen LogP contribution >= 0.6 is 15.9 Å². The number of rotatable bonds is 4. The monoisotopic (exact) mass is 320 g/mol. The van der Waals surface area contributed by atoms with Crippen LogP contribution in [0.15, 0.2) is 28.7 Å². The summed E-state index contributed by atoms with van der Waals surface area (Å²) in [6.45, 7) is 4.06. The largest absolute Gasteiger partial charge is 0.308 e. The Morgan fingerprint density at radius 3 is 2.63 bits per heavy atom. The molecule has 1 heterocycles. The number of benzene rings is 1. The van der Waals surface area contributed by atoms with E-state index in [2.05, 4.69) is 44.3 Å². The number of hydrazine groups is 1. The van der Waals surface area contributed by atoms with E-state index in [1.54, 1.807) is 0 Å². The second kappa shape index (κ2) is 6.12. The molecule has 0 aliphatic rings. The van der Waals surface area contributed by atoms with Gasteiger partial charge in [0.1, 0.15) is 11.6 Å². The average molecular weight is 321 g/mol. The fourth-order valence-corrected chi connectivity index (χ4v) is 2.42. The highest BCUT2D eigenvalue weighted by atomic mass is 79.9. The summed E-state index contributed by atoms with van der Waals surface area (Å²) in [6.07, 6.45) is 1.55. The molecule has 0 amide bonds. The standard InChI is InChI=1S/C14H17BrN4/c1-3-12-9(2)14(19-16)18-13(17-12)8-10-6-4-5-7-11(10)15/h4-7H,3,8,16H2,1-2H3,(H,17,18,19). The van der Waals surface area contributed by atoms with Crippen molar-refractivity contribution in [2.24, 2.45) is 5.84 Å². The van der Waals surface area contributed by atoms with Crippen LogP contribution in [0.2, 0.25) is 0 Å². The van der Waals surface area contributed by atoms with Crippen molar-refractivity contribution in [3.8, 4) is 0 Å². The highest BCUT2D eigenvalue weighted by molar-refractivity contribution is 9.10. The van der Waals surface area contributed by atoms with E-state index in [4.69, 9.17) is 5.84 Å². The van der Waals surface area contributed by atoms with Crippen LogP contribution < -0.4 is 11.3 Å². The summed E-state index contributed by atoms with van der Waals surface area (Å²) in [5.41, 5.74) is 5.86. The van der Waals surface area contributed by atoms with Crippen molar-refractivity contribution >= 4 is 21.7 Å². The third-order valence-corrected chi connectivity index (χ3v) is 3.84. The molecule has 100 valence electrons. The van der Waals surface area contributed by atoms with Crippen LogP contribution in [-0.4, -0.2) is 9.97 Å². The normalized spacial score (nSPS) is 10.5. The Balaban J connectivity index is 2.38. The summed E-state index contributed by atoms with van der Waals surface area (Å²) in [5.74, 6) is 7.00. The maximum absolute atomic E-state index is 5.52. The molecule has 1 aromatic carbocycles. The number of nitrogens with two attached hydrogens (primary N) is 1. The Bertz CT molecular complexity index is 558. The Morgan fingerprint density at radius 1 is 1.26 bits per heavy atom. The fourth-order valence-electron chi connectivity index (χ4n) is 1.99. The van der Waals surface area contributed by atoms with Gasteiger partial charge >= 0.3 is 0 Å². The zero-order chi connectivity index (χ0) is 13.8. The van der Waals surface area contributed by atoms with Crippen molar-refractivity contribution in [3.05, 3.63) is 51.4 Å². The SMILES string of the molecule is CCc1nc(Cc2ccccc2Br)nc(NN)c1C. The van der Waals surface area contributed by atoms with Gasteiger partial charge in [-0.25, -0.2) is 15.8 Å². The number of hydrogen-bond donors (Lipinski definition) is 2. The van der Waals surface area contributed by atoms with Crippen molar-refractivity contribution in [1.29, 1.82) is 0 Å². The van der Waals surface area contributed by atoms with Crippen LogP contribution in [0.4, 0.5) is 5.82 Å². The molecule has 0 aliphatic carbocycles. The zero-order valence-electron chi connectivity index (χ0n) is 11.1. The van der Waals surface area contributed by atoms with Gasteiger partial charge in [0.2, 0.25) is 0 Å².